The van der Waals surface area contributed by atoms with Crippen molar-refractivity contribution in [3.8, 4) is 5.75 Å². The van der Waals surface area contributed by atoms with Crippen LogP contribution >= 0.6 is 0 Å². The molecule has 0 aliphatic carbocycles. The van der Waals surface area contributed by atoms with Gasteiger partial charge in [0.1, 0.15) is 5.75 Å². The molecule has 0 saturated carbocycles. The Balaban J connectivity index is 1.99. The SMILES string of the molecule is CCOc1ccc(/C=C2\C(=O)N(c3ccccc3)N=C2C(F)(F)F)cc1. The lowest BCUT2D eigenvalue weighted by Crippen LogP contribution is -2.25. The summed E-state index contributed by atoms with van der Waals surface area (Å²) in [5.41, 5.74) is -0.983. The maximum Gasteiger partial charge on any atom is 0.435 e. The molecule has 1 heterocycles. The van der Waals surface area contributed by atoms with E-state index in [1.165, 1.54) is 18.2 Å². The number of ether oxygens (including phenoxy) is 1. The highest BCUT2D eigenvalue weighted by molar-refractivity contribution is 6.34. The number of alkyl halides is 3. The second kappa shape index (κ2) is 7.03. The molecule has 3 rings (SSSR count). The van der Waals surface area contributed by atoms with Crippen LogP contribution in [0.1, 0.15) is 12.5 Å². The van der Waals surface area contributed by atoms with Crippen LogP contribution in [-0.2, 0) is 4.79 Å². The van der Waals surface area contributed by atoms with Crippen molar-refractivity contribution < 1.29 is 22.7 Å². The quantitative estimate of drug-likeness (QED) is 0.757. The summed E-state index contributed by atoms with van der Waals surface area (Å²) in [6.45, 7) is 2.31. The molecule has 0 saturated heterocycles. The topological polar surface area (TPSA) is 41.9 Å². The van der Waals surface area contributed by atoms with Gasteiger partial charge in [-0.15, -0.1) is 0 Å². The predicted molar refractivity (Wildman–Crippen MR) is 93.0 cm³/mol. The number of para-hydroxylation sites is 1. The number of benzene rings is 2. The van der Waals surface area contributed by atoms with Gasteiger partial charge < -0.3 is 4.74 Å². The average Bonchev–Trinajstić information content (AvgIpc) is 2.95. The van der Waals surface area contributed by atoms with Gasteiger partial charge >= 0.3 is 6.18 Å². The first kappa shape index (κ1) is 17.7. The lowest BCUT2D eigenvalue weighted by molar-refractivity contribution is -0.114. The molecule has 1 amide bonds. The fourth-order valence-electron chi connectivity index (χ4n) is 2.49. The third-order valence-corrected chi connectivity index (χ3v) is 3.65. The van der Waals surface area contributed by atoms with Crippen molar-refractivity contribution in [1.29, 1.82) is 0 Å². The number of carbonyl (C=O) groups excluding carboxylic acids is 1. The van der Waals surface area contributed by atoms with E-state index in [1.807, 2.05) is 6.92 Å². The molecule has 0 aromatic heterocycles. The Morgan fingerprint density at radius 2 is 1.73 bits per heavy atom. The van der Waals surface area contributed by atoms with Crippen LogP contribution in [0.5, 0.6) is 5.75 Å². The minimum absolute atomic E-state index is 0.273. The van der Waals surface area contributed by atoms with Gasteiger partial charge in [0.15, 0.2) is 5.71 Å². The maximum absolute atomic E-state index is 13.4. The van der Waals surface area contributed by atoms with Gasteiger partial charge in [-0.1, -0.05) is 30.3 Å². The Morgan fingerprint density at radius 3 is 2.31 bits per heavy atom. The van der Waals surface area contributed by atoms with Gasteiger partial charge in [-0.05, 0) is 42.8 Å². The maximum atomic E-state index is 13.4. The van der Waals surface area contributed by atoms with Crippen LogP contribution in [0.3, 0.4) is 0 Å². The fraction of sp³-hybridized carbons (Fsp3) is 0.158. The molecule has 7 heteroatoms. The van der Waals surface area contributed by atoms with Crippen LogP contribution in [-0.4, -0.2) is 24.4 Å². The monoisotopic (exact) mass is 360 g/mol. The second-order valence-electron chi connectivity index (χ2n) is 5.46. The second-order valence-corrected chi connectivity index (χ2v) is 5.46. The van der Waals surface area contributed by atoms with E-state index in [0.29, 0.717) is 17.9 Å². The Morgan fingerprint density at radius 1 is 1.08 bits per heavy atom. The molecule has 0 spiro atoms. The lowest BCUT2D eigenvalue weighted by atomic mass is 10.1. The summed E-state index contributed by atoms with van der Waals surface area (Å²) in [6.07, 6.45) is -3.55. The normalized spacial score (nSPS) is 16.2. The van der Waals surface area contributed by atoms with Gasteiger partial charge in [0.25, 0.3) is 5.91 Å². The zero-order valence-corrected chi connectivity index (χ0v) is 13.8. The van der Waals surface area contributed by atoms with Crippen LogP contribution in [0.4, 0.5) is 18.9 Å². The Kier molecular flexibility index (Phi) is 4.79. The molecule has 26 heavy (non-hydrogen) atoms. The summed E-state index contributed by atoms with van der Waals surface area (Å²) >= 11 is 0. The van der Waals surface area contributed by atoms with E-state index in [-0.39, 0.29) is 5.69 Å². The van der Waals surface area contributed by atoms with Gasteiger partial charge in [-0.3, -0.25) is 4.79 Å². The Hall–Kier alpha value is -3.09. The first-order valence-electron chi connectivity index (χ1n) is 7.90. The van der Waals surface area contributed by atoms with Crippen LogP contribution < -0.4 is 9.75 Å². The van der Waals surface area contributed by atoms with Crippen LogP contribution in [0, 0.1) is 0 Å². The molecule has 0 fully saturated rings. The molecular weight excluding hydrogens is 345 g/mol. The smallest absolute Gasteiger partial charge is 0.435 e. The number of anilines is 1. The Bertz CT molecular complexity index is 857. The molecule has 0 unspecified atom stereocenters. The molecule has 1 aliphatic rings. The summed E-state index contributed by atoms with van der Waals surface area (Å²) in [4.78, 5) is 12.6. The molecule has 1 aliphatic heterocycles. The number of hydrogen-bond donors (Lipinski definition) is 0. The molecule has 2 aromatic carbocycles. The van der Waals surface area contributed by atoms with E-state index in [0.717, 1.165) is 5.01 Å². The average molecular weight is 360 g/mol. The zero-order valence-electron chi connectivity index (χ0n) is 13.8. The van der Waals surface area contributed by atoms with Crippen molar-refractivity contribution in [1.82, 2.24) is 0 Å². The summed E-state index contributed by atoms with van der Waals surface area (Å²) in [5.74, 6) is -0.222. The van der Waals surface area contributed by atoms with Crippen molar-refractivity contribution in [2.45, 2.75) is 13.1 Å². The molecule has 0 atom stereocenters. The van der Waals surface area contributed by atoms with Crippen molar-refractivity contribution in [3.63, 3.8) is 0 Å². The summed E-state index contributed by atoms with van der Waals surface area (Å²) in [6, 6.07) is 14.4. The van der Waals surface area contributed by atoms with E-state index >= 15 is 0 Å². The summed E-state index contributed by atoms with van der Waals surface area (Å²) in [5, 5.41) is 4.28. The largest absolute Gasteiger partial charge is 0.494 e. The molecule has 0 N–H and O–H groups in total. The van der Waals surface area contributed by atoms with Crippen molar-refractivity contribution >= 4 is 23.4 Å². The number of hydrazone groups is 1. The molecule has 0 radical (unpaired) electrons. The van der Waals surface area contributed by atoms with Crippen LogP contribution in [0.25, 0.3) is 6.08 Å². The molecule has 2 aromatic rings. The summed E-state index contributed by atoms with van der Waals surface area (Å²) in [7, 11) is 0. The van der Waals surface area contributed by atoms with E-state index < -0.39 is 23.4 Å². The predicted octanol–water partition coefficient (Wildman–Crippen LogP) is 4.43. The number of hydrogen-bond acceptors (Lipinski definition) is 3. The molecule has 0 bridgehead atoms. The van der Waals surface area contributed by atoms with E-state index in [9.17, 15) is 18.0 Å². The number of amides is 1. The standard InChI is InChI=1S/C19H15F3N2O2/c1-2-26-15-10-8-13(9-11-15)12-16-17(19(20,21)22)23-24(18(16)25)14-6-4-3-5-7-14/h3-12H,2H2,1H3/b16-12-. The Labute approximate surface area is 148 Å². The number of halogens is 3. The highest BCUT2D eigenvalue weighted by Crippen LogP contribution is 2.32. The van der Waals surface area contributed by atoms with Crippen molar-refractivity contribution in [2.75, 3.05) is 11.6 Å². The molecule has 4 nitrogen and oxygen atoms in total. The van der Waals surface area contributed by atoms with Crippen LogP contribution in [0.15, 0.2) is 65.3 Å². The van der Waals surface area contributed by atoms with Crippen LogP contribution in [0.2, 0.25) is 0 Å². The first-order valence-corrected chi connectivity index (χ1v) is 7.90. The minimum atomic E-state index is -4.74. The third-order valence-electron chi connectivity index (χ3n) is 3.65. The first-order chi connectivity index (χ1) is 12.4. The number of rotatable bonds is 4. The fourth-order valence-corrected chi connectivity index (χ4v) is 2.49. The highest BCUT2D eigenvalue weighted by Gasteiger charge is 2.46. The van der Waals surface area contributed by atoms with Gasteiger partial charge in [-0.2, -0.15) is 23.3 Å². The van der Waals surface area contributed by atoms with Gasteiger partial charge in [0.2, 0.25) is 0 Å². The van der Waals surface area contributed by atoms with Crippen molar-refractivity contribution in [3.05, 3.63) is 65.7 Å². The third kappa shape index (κ3) is 3.61. The lowest BCUT2D eigenvalue weighted by Gasteiger charge is -2.10. The zero-order chi connectivity index (χ0) is 18.7. The van der Waals surface area contributed by atoms with Gasteiger partial charge in [-0.25, -0.2) is 0 Å². The van der Waals surface area contributed by atoms with E-state index in [1.54, 1.807) is 42.5 Å². The van der Waals surface area contributed by atoms with E-state index in [2.05, 4.69) is 5.10 Å². The summed E-state index contributed by atoms with van der Waals surface area (Å²) < 4.78 is 45.4. The number of carbonyl (C=O) groups is 1. The molecule has 134 valence electrons. The van der Waals surface area contributed by atoms with Gasteiger partial charge in [0, 0.05) is 0 Å². The van der Waals surface area contributed by atoms with Crippen molar-refractivity contribution in [2.24, 2.45) is 5.10 Å². The minimum Gasteiger partial charge on any atom is -0.494 e. The highest BCUT2D eigenvalue weighted by atomic mass is 19.4. The van der Waals surface area contributed by atoms with E-state index in [4.69, 9.17) is 4.74 Å². The molecular formula is C19H15F3N2O2. The van der Waals surface area contributed by atoms with Gasteiger partial charge in [0.05, 0.1) is 17.9 Å². The number of nitrogens with zero attached hydrogens (tertiary/aromatic N) is 2.